The maximum Gasteiger partial charge on any atom is 0.227 e. The first-order valence-corrected chi connectivity index (χ1v) is 5.14. The van der Waals surface area contributed by atoms with Crippen molar-refractivity contribution in [1.29, 1.82) is 0 Å². The highest BCUT2D eigenvalue weighted by Crippen LogP contribution is 2.22. The molecule has 0 bridgehead atoms. The van der Waals surface area contributed by atoms with Crippen LogP contribution in [0.2, 0.25) is 0 Å². The van der Waals surface area contributed by atoms with E-state index in [1.807, 2.05) is 18.7 Å². The summed E-state index contributed by atoms with van der Waals surface area (Å²) in [5, 5.41) is 0. The van der Waals surface area contributed by atoms with Crippen LogP contribution in [0.5, 0.6) is 0 Å². The Balaban J connectivity index is 2.34. The molecule has 0 radical (unpaired) electrons. The van der Waals surface area contributed by atoms with Gasteiger partial charge in [-0.2, -0.15) is 0 Å². The van der Waals surface area contributed by atoms with Gasteiger partial charge in [-0.1, -0.05) is 6.07 Å². The van der Waals surface area contributed by atoms with Gasteiger partial charge in [-0.15, -0.1) is 0 Å². The predicted molar refractivity (Wildman–Crippen MR) is 55.8 cm³/mol. The van der Waals surface area contributed by atoms with Crippen molar-refractivity contribution in [3.8, 4) is 0 Å². The zero-order valence-electron chi connectivity index (χ0n) is 8.96. The molecule has 0 atom stereocenters. The first-order chi connectivity index (χ1) is 7.08. The normalized spacial score (nSPS) is 15.7. The number of halogens is 1. The molecule has 1 aliphatic rings. The maximum absolute atomic E-state index is 13.0. The minimum atomic E-state index is -0.264. The summed E-state index contributed by atoms with van der Waals surface area (Å²) in [7, 11) is 0. The molecule has 0 N–H and O–H groups in total. The van der Waals surface area contributed by atoms with Crippen LogP contribution in [-0.2, 0) is 17.8 Å². The molecule has 1 aromatic rings. The van der Waals surface area contributed by atoms with E-state index in [0.29, 0.717) is 13.0 Å². The summed E-state index contributed by atoms with van der Waals surface area (Å²) in [5.41, 5.74) is 1.89. The minimum absolute atomic E-state index is 0.0862. The monoisotopic (exact) mass is 207 g/mol. The average Bonchev–Trinajstić information content (AvgIpc) is 2.15. The van der Waals surface area contributed by atoms with Crippen LogP contribution in [0.25, 0.3) is 0 Å². The number of carbonyl (C=O) groups excluding carboxylic acids is 1. The number of rotatable bonds is 1. The largest absolute Gasteiger partial charge is 0.336 e. The van der Waals surface area contributed by atoms with Gasteiger partial charge < -0.3 is 4.90 Å². The van der Waals surface area contributed by atoms with Gasteiger partial charge in [0, 0.05) is 12.6 Å². The van der Waals surface area contributed by atoms with Crippen LogP contribution in [0.4, 0.5) is 4.39 Å². The number of carbonyl (C=O) groups is 1. The quantitative estimate of drug-likeness (QED) is 0.690. The number of nitrogens with zero attached hydrogens (tertiary/aromatic N) is 1. The van der Waals surface area contributed by atoms with Crippen molar-refractivity contribution in [2.75, 3.05) is 0 Å². The molecule has 0 fully saturated rings. The van der Waals surface area contributed by atoms with Crippen molar-refractivity contribution >= 4 is 5.91 Å². The fourth-order valence-corrected chi connectivity index (χ4v) is 1.92. The summed E-state index contributed by atoms with van der Waals surface area (Å²) < 4.78 is 13.0. The highest BCUT2D eigenvalue weighted by Gasteiger charge is 2.24. The van der Waals surface area contributed by atoms with E-state index >= 15 is 0 Å². The first kappa shape index (κ1) is 10.1. The second-order valence-corrected chi connectivity index (χ2v) is 4.21. The van der Waals surface area contributed by atoms with Crippen LogP contribution < -0.4 is 0 Å². The Labute approximate surface area is 88.7 Å². The predicted octanol–water partition coefficient (Wildman–Crippen LogP) is 2.12. The molecule has 2 rings (SSSR count). The van der Waals surface area contributed by atoms with Crippen LogP contribution in [0.15, 0.2) is 18.2 Å². The van der Waals surface area contributed by atoms with Crippen LogP contribution in [0.1, 0.15) is 25.0 Å². The number of hydrogen-bond acceptors (Lipinski definition) is 1. The van der Waals surface area contributed by atoms with Crippen LogP contribution >= 0.6 is 0 Å². The van der Waals surface area contributed by atoms with E-state index in [9.17, 15) is 9.18 Å². The molecule has 1 heterocycles. The molecular weight excluding hydrogens is 193 g/mol. The molecule has 0 unspecified atom stereocenters. The number of benzene rings is 1. The Morgan fingerprint density at radius 2 is 2.07 bits per heavy atom. The Kier molecular flexibility index (Phi) is 2.47. The van der Waals surface area contributed by atoms with Crippen molar-refractivity contribution in [3.63, 3.8) is 0 Å². The summed E-state index contributed by atoms with van der Waals surface area (Å²) in [6, 6.07) is 4.89. The molecule has 0 saturated carbocycles. The first-order valence-electron chi connectivity index (χ1n) is 5.14. The molecule has 3 heteroatoms. The summed E-state index contributed by atoms with van der Waals surface area (Å²) in [6.07, 6.45) is 0.325. The van der Waals surface area contributed by atoms with E-state index in [1.165, 1.54) is 12.1 Å². The average molecular weight is 207 g/mol. The van der Waals surface area contributed by atoms with Gasteiger partial charge in [0.05, 0.1) is 6.42 Å². The highest BCUT2D eigenvalue weighted by molar-refractivity contribution is 5.81. The van der Waals surface area contributed by atoms with Crippen molar-refractivity contribution in [3.05, 3.63) is 35.1 Å². The summed E-state index contributed by atoms with van der Waals surface area (Å²) in [5.74, 6) is -0.178. The highest BCUT2D eigenvalue weighted by atomic mass is 19.1. The van der Waals surface area contributed by atoms with Crippen molar-refractivity contribution in [2.45, 2.75) is 32.9 Å². The van der Waals surface area contributed by atoms with Gasteiger partial charge in [-0.3, -0.25) is 4.79 Å². The Morgan fingerprint density at radius 1 is 1.33 bits per heavy atom. The topological polar surface area (TPSA) is 20.3 Å². The molecule has 1 aromatic carbocycles. The van der Waals surface area contributed by atoms with Gasteiger partial charge in [-0.25, -0.2) is 4.39 Å². The Morgan fingerprint density at radius 3 is 2.73 bits per heavy atom. The Bertz CT molecular complexity index is 401. The second kappa shape index (κ2) is 3.65. The van der Waals surface area contributed by atoms with Crippen molar-refractivity contribution < 1.29 is 9.18 Å². The summed E-state index contributed by atoms with van der Waals surface area (Å²) >= 11 is 0. The molecule has 2 nitrogen and oxygen atoms in total. The van der Waals surface area contributed by atoms with E-state index in [-0.39, 0.29) is 17.8 Å². The van der Waals surface area contributed by atoms with Crippen LogP contribution in [-0.4, -0.2) is 16.8 Å². The summed E-state index contributed by atoms with van der Waals surface area (Å²) in [4.78, 5) is 13.5. The third-order valence-electron chi connectivity index (χ3n) is 2.79. The molecule has 0 aromatic heterocycles. The smallest absolute Gasteiger partial charge is 0.227 e. The zero-order valence-corrected chi connectivity index (χ0v) is 8.96. The third kappa shape index (κ3) is 1.87. The second-order valence-electron chi connectivity index (χ2n) is 4.21. The van der Waals surface area contributed by atoms with E-state index in [1.54, 1.807) is 6.07 Å². The molecular formula is C12H14FNO. The molecule has 15 heavy (non-hydrogen) atoms. The van der Waals surface area contributed by atoms with Gasteiger partial charge in [-0.05, 0) is 37.1 Å². The maximum atomic E-state index is 13.0. The van der Waals surface area contributed by atoms with Gasteiger partial charge in [0.15, 0.2) is 0 Å². The van der Waals surface area contributed by atoms with Gasteiger partial charge in [0.1, 0.15) is 5.82 Å². The third-order valence-corrected chi connectivity index (χ3v) is 2.79. The number of fused-ring (bicyclic) bond motifs is 1. The lowest BCUT2D eigenvalue weighted by Crippen LogP contribution is -2.40. The van der Waals surface area contributed by atoms with E-state index in [2.05, 4.69) is 0 Å². The molecule has 0 aliphatic carbocycles. The summed E-state index contributed by atoms with van der Waals surface area (Å²) in [6.45, 7) is 4.59. The molecule has 0 saturated heterocycles. The van der Waals surface area contributed by atoms with E-state index in [0.717, 1.165) is 11.1 Å². The fraction of sp³-hybridized carbons (Fsp3) is 0.417. The van der Waals surface area contributed by atoms with E-state index in [4.69, 9.17) is 0 Å². The Hall–Kier alpha value is -1.38. The molecule has 80 valence electrons. The van der Waals surface area contributed by atoms with Gasteiger partial charge in [0.25, 0.3) is 0 Å². The number of amides is 1. The van der Waals surface area contributed by atoms with Crippen LogP contribution in [0.3, 0.4) is 0 Å². The lowest BCUT2D eigenvalue weighted by atomic mass is 9.98. The standard InChI is InChI=1S/C12H14FNO/c1-8(2)14-7-9-3-4-11(13)5-10(9)6-12(14)15/h3-5,8H,6-7H2,1-2H3. The van der Waals surface area contributed by atoms with Crippen LogP contribution in [0, 0.1) is 5.82 Å². The van der Waals surface area contributed by atoms with Crippen molar-refractivity contribution in [2.24, 2.45) is 0 Å². The zero-order chi connectivity index (χ0) is 11.0. The fourth-order valence-electron chi connectivity index (χ4n) is 1.92. The van der Waals surface area contributed by atoms with Crippen molar-refractivity contribution in [1.82, 2.24) is 4.90 Å². The lowest BCUT2D eigenvalue weighted by molar-refractivity contribution is -0.133. The minimum Gasteiger partial charge on any atom is -0.336 e. The molecule has 1 aliphatic heterocycles. The van der Waals surface area contributed by atoms with Gasteiger partial charge >= 0.3 is 0 Å². The van der Waals surface area contributed by atoms with Gasteiger partial charge in [0.2, 0.25) is 5.91 Å². The number of hydrogen-bond donors (Lipinski definition) is 0. The SMILES string of the molecule is CC(C)N1Cc2ccc(F)cc2CC1=O. The molecule has 1 amide bonds. The molecule has 0 spiro atoms. The lowest BCUT2D eigenvalue weighted by Gasteiger charge is -2.32. The van der Waals surface area contributed by atoms with E-state index < -0.39 is 0 Å².